The van der Waals surface area contributed by atoms with Gasteiger partial charge in [-0.25, -0.2) is 4.79 Å². The first kappa shape index (κ1) is 16.8. The summed E-state index contributed by atoms with van der Waals surface area (Å²) in [5.74, 6) is 0.345. The number of unbranched alkanes of at least 4 members (excludes halogenated alkanes) is 1. The third-order valence-corrected chi connectivity index (χ3v) is 3.77. The van der Waals surface area contributed by atoms with Gasteiger partial charge in [0.15, 0.2) is 0 Å². The Morgan fingerprint density at radius 1 is 1.12 bits per heavy atom. The van der Waals surface area contributed by atoms with Crippen molar-refractivity contribution in [3.63, 3.8) is 0 Å². The molecule has 0 saturated heterocycles. The van der Waals surface area contributed by atoms with Crippen LogP contribution in [0.2, 0.25) is 0 Å². The van der Waals surface area contributed by atoms with E-state index in [9.17, 15) is 9.59 Å². The lowest BCUT2D eigenvalue weighted by Gasteiger charge is -2.07. The zero-order chi connectivity index (χ0) is 17.6. The monoisotopic (exact) mass is 337 g/mol. The van der Waals surface area contributed by atoms with Crippen molar-refractivity contribution >= 4 is 22.6 Å². The van der Waals surface area contributed by atoms with Crippen LogP contribution < -0.4 is 15.7 Å². The van der Waals surface area contributed by atoms with Crippen molar-refractivity contribution in [1.29, 1.82) is 0 Å². The second-order valence-corrected chi connectivity index (χ2v) is 5.67. The molecule has 0 bridgehead atoms. The maximum absolute atomic E-state index is 12.3. The Hall–Kier alpha value is -3.08. The van der Waals surface area contributed by atoms with Crippen LogP contribution >= 0.6 is 0 Å². The highest BCUT2D eigenvalue weighted by molar-refractivity contribution is 6.04. The van der Waals surface area contributed by atoms with Crippen LogP contribution in [0.5, 0.6) is 5.75 Å². The first-order chi connectivity index (χ1) is 12.2. The van der Waals surface area contributed by atoms with E-state index in [0.717, 1.165) is 24.0 Å². The zero-order valence-electron chi connectivity index (χ0n) is 14.0. The Balaban J connectivity index is 1.73. The highest BCUT2D eigenvalue weighted by atomic mass is 16.5. The van der Waals surface area contributed by atoms with E-state index in [0.29, 0.717) is 17.8 Å². The van der Waals surface area contributed by atoms with Gasteiger partial charge in [0.1, 0.15) is 17.0 Å². The quantitative estimate of drug-likeness (QED) is 0.540. The Kier molecular flexibility index (Phi) is 5.14. The van der Waals surface area contributed by atoms with Crippen LogP contribution in [-0.4, -0.2) is 12.5 Å². The number of benzene rings is 2. The lowest BCUT2D eigenvalue weighted by Crippen LogP contribution is -2.17. The average molecular weight is 337 g/mol. The fourth-order valence-corrected chi connectivity index (χ4v) is 2.38. The van der Waals surface area contributed by atoms with Gasteiger partial charge >= 0.3 is 5.63 Å². The van der Waals surface area contributed by atoms with Crippen LogP contribution in [0.3, 0.4) is 0 Å². The van der Waals surface area contributed by atoms with E-state index in [-0.39, 0.29) is 11.6 Å². The average Bonchev–Trinajstić information content (AvgIpc) is 2.63. The van der Waals surface area contributed by atoms with Gasteiger partial charge in [-0.2, -0.15) is 0 Å². The van der Waals surface area contributed by atoms with Crippen molar-refractivity contribution in [3.8, 4) is 5.75 Å². The van der Waals surface area contributed by atoms with E-state index in [2.05, 4.69) is 12.2 Å². The molecule has 0 saturated carbocycles. The van der Waals surface area contributed by atoms with Gasteiger partial charge in [0.25, 0.3) is 5.91 Å². The summed E-state index contributed by atoms with van der Waals surface area (Å²) >= 11 is 0. The predicted octanol–water partition coefficient (Wildman–Crippen LogP) is 4.22. The Labute approximate surface area is 145 Å². The van der Waals surface area contributed by atoms with Gasteiger partial charge in [-0.1, -0.05) is 31.5 Å². The number of rotatable bonds is 6. The molecular formula is C20H19NO4. The molecule has 0 spiro atoms. The Bertz CT molecular complexity index is 928. The number of anilines is 1. The summed E-state index contributed by atoms with van der Waals surface area (Å²) in [6, 6.07) is 15.6. The van der Waals surface area contributed by atoms with Gasteiger partial charge in [0, 0.05) is 10.9 Å². The smallest absolute Gasteiger partial charge is 0.360 e. The van der Waals surface area contributed by atoms with Crippen molar-refractivity contribution in [2.75, 3.05) is 11.9 Å². The number of fused-ring (bicyclic) bond motifs is 1. The summed E-state index contributed by atoms with van der Waals surface area (Å²) in [6.45, 7) is 2.75. The van der Waals surface area contributed by atoms with E-state index in [1.807, 2.05) is 12.1 Å². The summed E-state index contributed by atoms with van der Waals surface area (Å²) in [4.78, 5) is 24.3. The summed E-state index contributed by atoms with van der Waals surface area (Å²) in [7, 11) is 0. The SMILES string of the molecule is CCCCOc1ccc(C(=O)Nc2cc3ccccc3oc2=O)cc1. The number of amides is 1. The van der Waals surface area contributed by atoms with E-state index in [1.165, 1.54) is 0 Å². The minimum absolute atomic E-state index is 0.118. The Morgan fingerprint density at radius 3 is 2.64 bits per heavy atom. The molecule has 5 nitrogen and oxygen atoms in total. The molecule has 128 valence electrons. The number of nitrogens with one attached hydrogen (secondary N) is 1. The zero-order valence-corrected chi connectivity index (χ0v) is 14.0. The molecule has 2 aromatic carbocycles. The number of carbonyl (C=O) groups is 1. The third-order valence-electron chi connectivity index (χ3n) is 3.77. The number of ether oxygens (including phenoxy) is 1. The molecule has 0 aliphatic heterocycles. The molecule has 0 aliphatic rings. The maximum Gasteiger partial charge on any atom is 0.360 e. The van der Waals surface area contributed by atoms with Gasteiger partial charge in [-0.3, -0.25) is 4.79 Å². The fraction of sp³-hybridized carbons (Fsp3) is 0.200. The van der Waals surface area contributed by atoms with Crippen LogP contribution in [0, 0.1) is 0 Å². The van der Waals surface area contributed by atoms with Crippen molar-refractivity contribution in [2.45, 2.75) is 19.8 Å². The lowest BCUT2D eigenvalue weighted by atomic mass is 10.2. The first-order valence-corrected chi connectivity index (χ1v) is 8.24. The summed E-state index contributed by atoms with van der Waals surface area (Å²) in [5.41, 5.74) is 0.466. The van der Waals surface area contributed by atoms with E-state index < -0.39 is 5.63 Å². The summed E-state index contributed by atoms with van der Waals surface area (Å²) in [6.07, 6.45) is 2.05. The van der Waals surface area contributed by atoms with Crippen molar-refractivity contribution in [3.05, 3.63) is 70.6 Å². The highest BCUT2D eigenvalue weighted by Gasteiger charge is 2.11. The molecule has 3 aromatic rings. The minimum atomic E-state index is -0.577. The molecule has 0 unspecified atom stereocenters. The fourth-order valence-electron chi connectivity index (χ4n) is 2.38. The van der Waals surface area contributed by atoms with Gasteiger partial charge in [-0.05, 0) is 42.8 Å². The lowest BCUT2D eigenvalue weighted by molar-refractivity contribution is 0.102. The highest BCUT2D eigenvalue weighted by Crippen LogP contribution is 2.17. The topological polar surface area (TPSA) is 68.5 Å². The first-order valence-electron chi connectivity index (χ1n) is 8.24. The Morgan fingerprint density at radius 2 is 1.88 bits per heavy atom. The normalized spacial score (nSPS) is 10.6. The largest absolute Gasteiger partial charge is 0.494 e. The molecule has 1 amide bonds. The summed E-state index contributed by atoms with van der Waals surface area (Å²) in [5, 5.41) is 3.35. The molecule has 0 aliphatic carbocycles. The van der Waals surface area contributed by atoms with E-state index >= 15 is 0 Å². The van der Waals surface area contributed by atoms with Crippen molar-refractivity contribution < 1.29 is 13.9 Å². The maximum atomic E-state index is 12.3. The molecule has 25 heavy (non-hydrogen) atoms. The molecular weight excluding hydrogens is 318 g/mol. The summed E-state index contributed by atoms with van der Waals surface area (Å²) < 4.78 is 10.8. The van der Waals surface area contributed by atoms with Gasteiger partial charge < -0.3 is 14.5 Å². The number of hydrogen-bond acceptors (Lipinski definition) is 4. The van der Waals surface area contributed by atoms with E-state index in [4.69, 9.17) is 9.15 Å². The molecule has 0 radical (unpaired) electrons. The van der Waals surface area contributed by atoms with Gasteiger partial charge in [0.2, 0.25) is 0 Å². The molecule has 0 atom stereocenters. The van der Waals surface area contributed by atoms with Gasteiger partial charge in [-0.15, -0.1) is 0 Å². The van der Waals surface area contributed by atoms with Gasteiger partial charge in [0.05, 0.1) is 6.61 Å². The number of carbonyl (C=O) groups excluding carboxylic acids is 1. The molecule has 1 N–H and O–H groups in total. The molecule has 1 heterocycles. The molecule has 5 heteroatoms. The molecule has 0 fully saturated rings. The van der Waals surface area contributed by atoms with Crippen LogP contribution in [0.25, 0.3) is 11.0 Å². The number of hydrogen-bond donors (Lipinski definition) is 1. The van der Waals surface area contributed by atoms with Crippen LogP contribution in [0.4, 0.5) is 5.69 Å². The van der Waals surface area contributed by atoms with Crippen LogP contribution in [0.15, 0.2) is 63.8 Å². The second-order valence-electron chi connectivity index (χ2n) is 5.67. The van der Waals surface area contributed by atoms with Crippen LogP contribution in [-0.2, 0) is 0 Å². The van der Waals surface area contributed by atoms with Crippen LogP contribution in [0.1, 0.15) is 30.1 Å². The third kappa shape index (κ3) is 4.07. The van der Waals surface area contributed by atoms with Crippen molar-refractivity contribution in [2.24, 2.45) is 0 Å². The predicted molar refractivity (Wildman–Crippen MR) is 97.3 cm³/mol. The van der Waals surface area contributed by atoms with E-state index in [1.54, 1.807) is 42.5 Å². The minimum Gasteiger partial charge on any atom is -0.494 e. The number of para-hydroxylation sites is 1. The molecule has 3 rings (SSSR count). The second kappa shape index (κ2) is 7.66. The standard InChI is InChI=1S/C20H19NO4/c1-2-3-12-24-16-10-8-14(9-11-16)19(22)21-17-13-15-6-4-5-7-18(15)25-20(17)23/h4-11,13H,2-3,12H2,1H3,(H,21,22). The molecule has 1 aromatic heterocycles. The van der Waals surface area contributed by atoms with Crippen molar-refractivity contribution in [1.82, 2.24) is 0 Å².